The quantitative estimate of drug-likeness (QED) is 0.592. The molecule has 0 bridgehead atoms. The maximum Gasteiger partial charge on any atom is 0.416 e. The number of nitrogens with zero attached hydrogens (tertiary/aromatic N) is 2. The molecule has 1 N–H and O–H groups in total. The number of aliphatic carboxylic acids is 1. The molecular formula is C21H19F3N2O2. The minimum absolute atomic E-state index is 0.557. The Bertz CT molecular complexity index is 897. The van der Waals surface area contributed by atoms with Crippen LogP contribution >= 0.6 is 0 Å². The van der Waals surface area contributed by atoms with E-state index in [1.807, 2.05) is 6.07 Å². The van der Waals surface area contributed by atoms with Crippen molar-refractivity contribution in [2.24, 2.45) is 0 Å². The van der Waals surface area contributed by atoms with E-state index in [2.05, 4.69) is 9.88 Å². The first kappa shape index (κ1) is 19.7. The smallest absolute Gasteiger partial charge is 0.416 e. The van der Waals surface area contributed by atoms with Crippen molar-refractivity contribution in [2.45, 2.75) is 19.0 Å². The van der Waals surface area contributed by atoms with Gasteiger partial charge in [-0.25, -0.2) is 9.78 Å². The molecule has 1 fully saturated rings. The van der Waals surface area contributed by atoms with E-state index in [1.165, 1.54) is 18.2 Å². The standard InChI is InChI=1S/C21H19F3N2O2/c22-21(23,24)17-8-6-15(7-9-17)18(4-3-5-20(27)28)16-10-11-25-19(14-16)26-12-1-2-13-26/h3-11,14H,1-2,12-13H2,(H,27,28)/b5-3+,18-4+. The van der Waals surface area contributed by atoms with E-state index in [-0.39, 0.29) is 0 Å². The second-order valence-corrected chi connectivity index (χ2v) is 6.45. The van der Waals surface area contributed by atoms with Crippen molar-refractivity contribution in [3.05, 3.63) is 77.5 Å². The molecule has 4 nitrogen and oxygen atoms in total. The third-order valence-corrected chi connectivity index (χ3v) is 4.51. The maximum atomic E-state index is 12.9. The van der Waals surface area contributed by atoms with Crippen LogP contribution in [0.25, 0.3) is 5.57 Å². The van der Waals surface area contributed by atoms with Gasteiger partial charge in [0.15, 0.2) is 0 Å². The number of hydrogen-bond acceptors (Lipinski definition) is 3. The van der Waals surface area contributed by atoms with Crippen LogP contribution in [0.5, 0.6) is 0 Å². The fourth-order valence-electron chi connectivity index (χ4n) is 3.13. The maximum absolute atomic E-state index is 12.9. The number of aromatic nitrogens is 1. The van der Waals surface area contributed by atoms with Crippen molar-refractivity contribution >= 4 is 17.4 Å². The number of pyridine rings is 1. The third kappa shape index (κ3) is 4.79. The summed E-state index contributed by atoms with van der Waals surface area (Å²) in [5, 5.41) is 8.82. The Morgan fingerprint density at radius 3 is 2.36 bits per heavy atom. The van der Waals surface area contributed by atoms with Gasteiger partial charge in [-0.3, -0.25) is 0 Å². The van der Waals surface area contributed by atoms with Crippen LogP contribution in [0.3, 0.4) is 0 Å². The highest BCUT2D eigenvalue weighted by molar-refractivity contribution is 5.84. The van der Waals surface area contributed by atoms with E-state index < -0.39 is 17.7 Å². The van der Waals surface area contributed by atoms with Gasteiger partial charge in [-0.2, -0.15) is 13.2 Å². The summed E-state index contributed by atoms with van der Waals surface area (Å²) >= 11 is 0. The zero-order valence-electron chi connectivity index (χ0n) is 15.0. The Morgan fingerprint density at radius 1 is 1.07 bits per heavy atom. The number of allylic oxidation sites excluding steroid dienone is 2. The van der Waals surface area contributed by atoms with Crippen LogP contribution in [0.2, 0.25) is 0 Å². The van der Waals surface area contributed by atoms with E-state index in [0.29, 0.717) is 11.1 Å². The summed E-state index contributed by atoms with van der Waals surface area (Å²) in [6, 6.07) is 8.46. The minimum atomic E-state index is -4.41. The molecule has 1 saturated heterocycles. The first-order chi connectivity index (χ1) is 13.3. The minimum Gasteiger partial charge on any atom is -0.478 e. The SMILES string of the molecule is O=C(O)/C=C/C=C(\c1ccc(C(F)(F)F)cc1)c1ccnc(N2CCCC2)c1. The molecule has 0 saturated carbocycles. The lowest BCUT2D eigenvalue weighted by Crippen LogP contribution is -2.18. The molecule has 146 valence electrons. The average molecular weight is 388 g/mol. The normalized spacial score (nSPS) is 15.4. The van der Waals surface area contributed by atoms with Gasteiger partial charge in [0.2, 0.25) is 0 Å². The second-order valence-electron chi connectivity index (χ2n) is 6.45. The number of rotatable bonds is 5. The third-order valence-electron chi connectivity index (χ3n) is 4.51. The Balaban J connectivity index is 2.00. The molecule has 3 rings (SSSR count). The lowest BCUT2D eigenvalue weighted by Gasteiger charge is -2.18. The molecule has 0 radical (unpaired) electrons. The number of anilines is 1. The first-order valence-electron chi connectivity index (χ1n) is 8.85. The zero-order valence-corrected chi connectivity index (χ0v) is 15.0. The molecule has 1 aliphatic rings. The van der Waals surface area contributed by atoms with Crippen LogP contribution in [-0.4, -0.2) is 29.1 Å². The van der Waals surface area contributed by atoms with Gasteiger partial charge in [0, 0.05) is 25.4 Å². The molecule has 1 aromatic heterocycles. The van der Waals surface area contributed by atoms with Crippen LogP contribution in [0.1, 0.15) is 29.5 Å². The van der Waals surface area contributed by atoms with Gasteiger partial charge < -0.3 is 10.0 Å². The number of benzene rings is 1. The van der Waals surface area contributed by atoms with Gasteiger partial charge in [-0.1, -0.05) is 24.3 Å². The number of carboxylic acid groups (broad SMARTS) is 1. The largest absolute Gasteiger partial charge is 0.478 e. The summed E-state index contributed by atoms with van der Waals surface area (Å²) in [4.78, 5) is 17.3. The number of carboxylic acids is 1. The molecule has 2 aromatic rings. The molecule has 28 heavy (non-hydrogen) atoms. The highest BCUT2D eigenvalue weighted by atomic mass is 19.4. The van der Waals surface area contributed by atoms with E-state index >= 15 is 0 Å². The number of carbonyl (C=O) groups is 1. The van der Waals surface area contributed by atoms with Crippen molar-refractivity contribution in [2.75, 3.05) is 18.0 Å². The average Bonchev–Trinajstić information content (AvgIpc) is 3.19. The molecule has 1 aliphatic heterocycles. The predicted octanol–water partition coefficient (Wildman–Crippen LogP) is 4.77. The molecule has 7 heteroatoms. The second kappa shape index (κ2) is 8.29. The topological polar surface area (TPSA) is 53.4 Å². The van der Waals surface area contributed by atoms with Crippen molar-refractivity contribution in [1.29, 1.82) is 0 Å². The zero-order chi connectivity index (χ0) is 20.1. The molecule has 0 unspecified atom stereocenters. The van der Waals surface area contributed by atoms with E-state index in [0.717, 1.165) is 55.5 Å². The first-order valence-corrected chi connectivity index (χ1v) is 8.85. The molecular weight excluding hydrogens is 369 g/mol. The summed E-state index contributed by atoms with van der Waals surface area (Å²) in [6.07, 6.45) is 3.36. The van der Waals surface area contributed by atoms with Gasteiger partial charge in [-0.05, 0) is 53.8 Å². The fraction of sp³-hybridized carbons (Fsp3) is 0.238. The van der Waals surface area contributed by atoms with E-state index in [4.69, 9.17) is 5.11 Å². The summed E-state index contributed by atoms with van der Waals surface area (Å²) in [7, 11) is 0. The predicted molar refractivity (Wildman–Crippen MR) is 101 cm³/mol. The van der Waals surface area contributed by atoms with Gasteiger partial charge in [0.1, 0.15) is 5.82 Å². The molecule has 0 atom stereocenters. The van der Waals surface area contributed by atoms with Crippen LogP contribution in [0, 0.1) is 0 Å². The Kier molecular flexibility index (Phi) is 5.82. The van der Waals surface area contributed by atoms with Crippen LogP contribution in [0.15, 0.2) is 60.8 Å². The van der Waals surface area contributed by atoms with Gasteiger partial charge in [0.05, 0.1) is 5.56 Å². The summed E-state index contributed by atoms with van der Waals surface area (Å²) in [5.74, 6) is -0.300. The van der Waals surface area contributed by atoms with Crippen molar-refractivity contribution in [3.63, 3.8) is 0 Å². The number of alkyl halides is 3. The Morgan fingerprint density at radius 2 is 1.75 bits per heavy atom. The molecule has 0 amide bonds. The number of halogens is 3. The summed E-state index contributed by atoms with van der Waals surface area (Å²) in [6.45, 7) is 1.82. The summed E-state index contributed by atoms with van der Waals surface area (Å²) < 4.78 is 38.6. The van der Waals surface area contributed by atoms with E-state index in [9.17, 15) is 18.0 Å². The van der Waals surface area contributed by atoms with Crippen LogP contribution < -0.4 is 4.90 Å². The molecule has 2 heterocycles. The van der Waals surface area contributed by atoms with Gasteiger partial charge >= 0.3 is 12.1 Å². The lowest BCUT2D eigenvalue weighted by atomic mass is 9.97. The summed E-state index contributed by atoms with van der Waals surface area (Å²) in [5.41, 5.74) is 1.20. The number of hydrogen-bond donors (Lipinski definition) is 1. The van der Waals surface area contributed by atoms with Crippen molar-refractivity contribution in [3.8, 4) is 0 Å². The van der Waals surface area contributed by atoms with Crippen LogP contribution in [-0.2, 0) is 11.0 Å². The Hall–Kier alpha value is -3.09. The van der Waals surface area contributed by atoms with Crippen LogP contribution in [0.4, 0.5) is 19.0 Å². The Labute approximate surface area is 160 Å². The monoisotopic (exact) mass is 388 g/mol. The highest BCUT2D eigenvalue weighted by Crippen LogP contribution is 2.32. The van der Waals surface area contributed by atoms with E-state index in [1.54, 1.807) is 18.3 Å². The lowest BCUT2D eigenvalue weighted by molar-refractivity contribution is -0.137. The fourth-order valence-corrected chi connectivity index (χ4v) is 3.13. The molecule has 0 aliphatic carbocycles. The highest BCUT2D eigenvalue weighted by Gasteiger charge is 2.30. The molecule has 0 spiro atoms. The van der Waals surface area contributed by atoms with Gasteiger partial charge in [0.25, 0.3) is 0 Å². The van der Waals surface area contributed by atoms with Crippen molar-refractivity contribution in [1.82, 2.24) is 4.98 Å². The molecule has 1 aromatic carbocycles. The van der Waals surface area contributed by atoms with Gasteiger partial charge in [-0.15, -0.1) is 0 Å². The van der Waals surface area contributed by atoms with Crippen molar-refractivity contribution < 1.29 is 23.1 Å².